The Labute approximate surface area is 123 Å². The number of oxime groups is 1. The van der Waals surface area contributed by atoms with E-state index < -0.39 is 0 Å². The summed E-state index contributed by atoms with van der Waals surface area (Å²) < 4.78 is 5.41. The van der Waals surface area contributed by atoms with Crippen molar-refractivity contribution < 1.29 is 9.94 Å². The molecule has 20 heavy (non-hydrogen) atoms. The zero-order valence-corrected chi connectivity index (χ0v) is 12.7. The van der Waals surface area contributed by atoms with Crippen LogP contribution in [0.15, 0.2) is 28.3 Å². The topological polar surface area (TPSA) is 71.1 Å². The van der Waals surface area contributed by atoms with Crippen LogP contribution in [0.2, 0.25) is 0 Å². The second-order valence-corrected chi connectivity index (χ2v) is 5.64. The summed E-state index contributed by atoms with van der Waals surface area (Å²) in [5.41, 5.74) is 7.68. The summed E-state index contributed by atoms with van der Waals surface area (Å²) >= 11 is 1.59. The van der Waals surface area contributed by atoms with Crippen molar-refractivity contribution >= 4 is 23.3 Å². The van der Waals surface area contributed by atoms with Crippen LogP contribution in [0.1, 0.15) is 18.4 Å². The average molecular weight is 295 g/mol. The van der Waals surface area contributed by atoms with Gasteiger partial charge in [-0.05, 0) is 31.2 Å². The molecule has 1 aliphatic rings. The molecule has 0 saturated carbocycles. The van der Waals surface area contributed by atoms with Crippen molar-refractivity contribution in [3.05, 3.63) is 23.8 Å². The smallest absolute Gasteiger partial charge is 0.173 e. The Balaban J connectivity index is 2.39. The number of anilines is 1. The Hall–Kier alpha value is -1.40. The fourth-order valence-corrected chi connectivity index (χ4v) is 3.19. The predicted molar refractivity (Wildman–Crippen MR) is 83.0 cm³/mol. The van der Waals surface area contributed by atoms with E-state index >= 15 is 0 Å². The SMILES string of the molecule is CSc1cccc(N(C)C2CCOCC2)c1/C(N)=N/O. The molecule has 0 unspecified atom stereocenters. The van der Waals surface area contributed by atoms with Gasteiger partial charge in [-0.2, -0.15) is 0 Å². The Morgan fingerprint density at radius 2 is 2.15 bits per heavy atom. The van der Waals surface area contributed by atoms with Crippen LogP contribution in [0.4, 0.5) is 5.69 Å². The van der Waals surface area contributed by atoms with Crippen molar-refractivity contribution in [2.75, 3.05) is 31.4 Å². The molecule has 110 valence electrons. The highest BCUT2D eigenvalue weighted by atomic mass is 32.2. The lowest BCUT2D eigenvalue weighted by Gasteiger charge is -2.34. The minimum Gasteiger partial charge on any atom is -0.409 e. The molecule has 2 rings (SSSR count). The Morgan fingerprint density at radius 1 is 1.45 bits per heavy atom. The number of hydrogen-bond donors (Lipinski definition) is 2. The van der Waals surface area contributed by atoms with Gasteiger partial charge in [-0.1, -0.05) is 11.2 Å². The molecule has 5 nitrogen and oxygen atoms in total. The van der Waals surface area contributed by atoms with Crippen LogP contribution in [0.3, 0.4) is 0 Å². The molecule has 1 saturated heterocycles. The van der Waals surface area contributed by atoms with Crippen molar-refractivity contribution in [3.8, 4) is 0 Å². The summed E-state index contributed by atoms with van der Waals surface area (Å²) in [6.45, 7) is 1.58. The minimum atomic E-state index is 0.156. The molecule has 1 aliphatic heterocycles. The Kier molecular flexibility index (Phi) is 5.14. The van der Waals surface area contributed by atoms with Gasteiger partial charge in [-0.25, -0.2) is 0 Å². The van der Waals surface area contributed by atoms with E-state index in [0.717, 1.165) is 42.2 Å². The summed E-state index contributed by atoms with van der Waals surface area (Å²) in [7, 11) is 2.06. The third kappa shape index (κ3) is 3.02. The summed E-state index contributed by atoms with van der Waals surface area (Å²) in [5.74, 6) is 0.156. The van der Waals surface area contributed by atoms with Crippen molar-refractivity contribution in [1.29, 1.82) is 0 Å². The zero-order valence-electron chi connectivity index (χ0n) is 11.9. The maximum atomic E-state index is 9.04. The van der Waals surface area contributed by atoms with E-state index in [9.17, 15) is 0 Å². The molecular formula is C14H21N3O2S. The number of hydrogen-bond acceptors (Lipinski definition) is 5. The van der Waals surface area contributed by atoms with E-state index in [1.807, 2.05) is 24.5 Å². The third-order valence-corrected chi connectivity index (χ3v) is 4.49. The highest BCUT2D eigenvalue weighted by molar-refractivity contribution is 7.98. The third-order valence-electron chi connectivity index (χ3n) is 3.71. The molecule has 0 aromatic heterocycles. The van der Waals surface area contributed by atoms with Gasteiger partial charge >= 0.3 is 0 Å². The van der Waals surface area contributed by atoms with Gasteiger partial charge in [0.05, 0.1) is 5.56 Å². The number of rotatable bonds is 4. The molecule has 1 fully saturated rings. The van der Waals surface area contributed by atoms with E-state index in [1.165, 1.54) is 0 Å². The normalized spacial score (nSPS) is 17.2. The van der Waals surface area contributed by atoms with Gasteiger partial charge < -0.3 is 20.6 Å². The number of ether oxygens (including phenoxy) is 1. The minimum absolute atomic E-state index is 0.156. The average Bonchev–Trinajstić information content (AvgIpc) is 2.53. The first-order valence-electron chi connectivity index (χ1n) is 6.64. The van der Waals surface area contributed by atoms with Gasteiger partial charge in [0.15, 0.2) is 5.84 Å². The standard InChI is InChI=1S/C14H21N3O2S/c1-17(10-6-8-19-9-7-10)11-4-3-5-12(20-2)13(11)14(15)16-18/h3-5,10,18H,6-9H2,1-2H3,(H2,15,16). The number of thioether (sulfide) groups is 1. The highest BCUT2D eigenvalue weighted by Crippen LogP contribution is 2.31. The first kappa shape index (κ1) is 15.0. The van der Waals surface area contributed by atoms with Crippen molar-refractivity contribution in [2.24, 2.45) is 10.9 Å². The molecule has 0 radical (unpaired) electrons. The number of amidine groups is 1. The van der Waals surface area contributed by atoms with Crippen LogP contribution >= 0.6 is 11.8 Å². The predicted octanol–water partition coefficient (Wildman–Crippen LogP) is 2.12. The van der Waals surface area contributed by atoms with Gasteiger partial charge in [0.25, 0.3) is 0 Å². The van der Waals surface area contributed by atoms with Crippen LogP contribution in [0, 0.1) is 0 Å². The van der Waals surface area contributed by atoms with Gasteiger partial charge in [0, 0.05) is 36.9 Å². The maximum Gasteiger partial charge on any atom is 0.173 e. The number of benzene rings is 1. The first-order chi connectivity index (χ1) is 9.69. The molecule has 1 aromatic carbocycles. The quantitative estimate of drug-likeness (QED) is 0.293. The monoisotopic (exact) mass is 295 g/mol. The number of nitrogens with zero attached hydrogens (tertiary/aromatic N) is 2. The van der Waals surface area contributed by atoms with Crippen LogP contribution < -0.4 is 10.6 Å². The second kappa shape index (κ2) is 6.85. The van der Waals surface area contributed by atoms with E-state index in [2.05, 4.69) is 17.1 Å². The largest absolute Gasteiger partial charge is 0.409 e. The molecule has 0 spiro atoms. The van der Waals surface area contributed by atoms with Crippen LogP contribution in [-0.4, -0.2) is 43.6 Å². The fraction of sp³-hybridized carbons (Fsp3) is 0.500. The molecule has 0 bridgehead atoms. The van der Waals surface area contributed by atoms with Crippen LogP contribution in [0.5, 0.6) is 0 Å². The zero-order chi connectivity index (χ0) is 14.5. The van der Waals surface area contributed by atoms with Gasteiger partial charge in [0.2, 0.25) is 0 Å². The Bertz CT molecular complexity index is 487. The lowest BCUT2D eigenvalue weighted by Crippen LogP contribution is -2.38. The number of nitrogens with two attached hydrogens (primary N) is 1. The van der Waals surface area contributed by atoms with E-state index in [0.29, 0.717) is 6.04 Å². The summed E-state index contributed by atoms with van der Waals surface area (Å²) in [5, 5.41) is 12.2. The molecule has 6 heteroatoms. The lowest BCUT2D eigenvalue weighted by atomic mass is 10.0. The maximum absolute atomic E-state index is 9.04. The van der Waals surface area contributed by atoms with E-state index in [-0.39, 0.29) is 5.84 Å². The summed E-state index contributed by atoms with van der Waals surface area (Å²) in [6, 6.07) is 6.43. The summed E-state index contributed by atoms with van der Waals surface area (Å²) in [4.78, 5) is 3.23. The Morgan fingerprint density at radius 3 is 2.75 bits per heavy atom. The van der Waals surface area contributed by atoms with Gasteiger partial charge in [-0.3, -0.25) is 0 Å². The molecule has 0 atom stereocenters. The first-order valence-corrected chi connectivity index (χ1v) is 7.87. The molecule has 0 aliphatic carbocycles. The van der Waals surface area contributed by atoms with E-state index in [1.54, 1.807) is 11.8 Å². The van der Waals surface area contributed by atoms with Gasteiger partial charge in [0.1, 0.15) is 0 Å². The molecule has 0 amide bonds. The van der Waals surface area contributed by atoms with Gasteiger partial charge in [-0.15, -0.1) is 11.8 Å². The van der Waals surface area contributed by atoms with Crippen molar-refractivity contribution in [1.82, 2.24) is 0 Å². The molecule has 1 heterocycles. The lowest BCUT2D eigenvalue weighted by molar-refractivity contribution is 0.0855. The highest BCUT2D eigenvalue weighted by Gasteiger charge is 2.23. The van der Waals surface area contributed by atoms with Crippen LogP contribution in [0.25, 0.3) is 0 Å². The molecular weight excluding hydrogens is 274 g/mol. The second-order valence-electron chi connectivity index (χ2n) is 4.79. The van der Waals surface area contributed by atoms with Crippen molar-refractivity contribution in [3.63, 3.8) is 0 Å². The fourth-order valence-electron chi connectivity index (χ4n) is 2.56. The molecule has 3 N–H and O–H groups in total. The molecule has 1 aromatic rings. The van der Waals surface area contributed by atoms with E-state index in [4.69, 9.17) is 15.7 Å². The van der Waals surface area contributed by atoms with Crippen molar-refractivity contribution in [2.45, 2.75) is 23.8 Å². The van der Waals surface area contributed by atoms with Crippen LogP contribution in [-0.2, 0) is 4.74 Å². The summed E-state index contributed by atoms with van der Waals surface area (Å²) in [6.07, 6.45) is 3.98.